The molecule has 0 bridgehead atoms. The van der Waals surface area contributed by atoms with Crippen LogP contribution in [-0.2, 0) is 9.53 Å². The molecule has 1 saturated heterocycles. The van der Waals surface area contributed by atoms with E-state index < -0.39 is 11.4 Å². The number of rotatable bonds is 5. The molecule has 0 aromatic rings. The topological polar surface area (TPSA) is 49.8 Å². The van der Waals surface area contributed by atoms with Crippen molar-refractivity contribution in [3.63, 3.8) is 0 Å². The van der Waals surface area contributed by atoms with Gasteiger partial charge in [0.2, 0.25) is 0 Å². The van der Waals surface area contributed by atoms with Crippen molar-refractivity contribution in [1.29, 1.82) is 0 Å². The second kappa shape index (κ2) is 4.49. The molecule has 4 nitrogen and oxygen atoms in total. The second-order valence-electron chi connectivity index (χ2n) is 5.06. The molecule has 1 atom stereocenters. The highest BCUT2D eigenvalue weighted by Crippen LogP contribution is 2.37. The molecule has 0 amide bonds. The van der Waals surface area contributed by atoms with E-state index in [0.717, 1.165) is 6.42 Å². The van der Waals surface area contributed by atoms with Gasteiger partial charge in [0.1, 0.15) is 5.41 Å². The van der Waals surface area contributed by atoms with Gasteiger partial charge in [0.05, 0.1) is 13.2 Å². The molecule has 1 N–H and O–H groups in total. The van der Waals surface area contributed by atoms with Crippen molar-refractivity contribution in [2.75, 3.05) is 27.3 Å². The lowest BCUT2D eigenvalue weighted by Crippen LogP contribution is -2.61. The van der Waals surface area contributed by atoms with Crippen LogP contribution < -0.4 is 0 Å². The van der Waals surface area contributed by atoms with E-state index in [1.54, 1.807) is 0 Å². The van der Waals surface area contributed by atoms with Gasteiger partial charge in [-0.05, 0) is 26.4 Å². The van der Waals surface area contributed by atoms with Crippen LogP contribution in [0.3, 0.4) is 0 Å². The van der Waals surface area contributed by atoms with Crippen molar-refractivity contribution in [3.8, 4) is 0 Å². The van der Waals surface area contributed by atoms with Crippen LogP contribution >= 0.6 is 0 Å². The fourth-order valence-corrected chi connectivity index (χ4v) is 2.16. The Morgan fingerprint density at radius 1 is 1.47 bits per heavy atom. The van der Waals surface area contributed by atoms with Crippen molar-refractivity contribution in [1.82, 2.24) is 4.90 Å². The number of aliphatic carboxylic acids is 1. The monoisotopic (exact) mass is 215 g/mol. The minimum absolute atomic E-state index is 0.0590. The van der Waals surface area contributed by atoms with Gasteiger partial charge in [-0.15, -0.1) is 0 Å². The van der Waals surface area contributed by atoms with Crippen molar-refractivity contribution in [2.24, 2.45) is 11.3 Å². The molecule has 4 heteroatoms. The number of carboxylic acids is 1. The zero-order chi connectivity index (χ0) is 11.6. The lowest BCUT2D eigenvalue weighted by molar-refractivity contribution is -0.194. The van der Waals surface area contributed by atoms with E-state index in [9.17, 15) is 9.90 Å². The van der Waals surface area contributed by atoms with E-state index in [1.807, 2.05) is 19.0 Å². The molecule has 1 unspecified atom stereocenters. The Hall–Kier alpha value is -0.610. The summed E-state index contributed by atoms with van der Waals surface area (Å²) in [4.78, 5) is 13.3. The van der Waals surface area contributed by atoms with Gasteiger partial charge in [-0.25, -0.2) is 0 Å². The molecule has 88 valence electrons. The highest BCUT2D eigenvalue weighted by Gasteiger charge is 2.53. The Kier molecular flexibility index (Phi) is 3.73. The fraction of sp³-hybridized carbons (Fsp3) is 0.909. The van der Waals surface area contributed by atoms with Gasteiger partial charge in [0, 0.05) is 6.04 Å². The van der Waals surface area contributed by atoms with Crippen LogP contribution in [0, 0.1) is 11.3 Å². The van der Waals surface area contributed by atoms with Crippen LogP contribution in [0.15, 0.2) is 0 Å². The molecule has 0 spiro atoms. The summed E-state index contributed by atoms with van der Waals surface area (Å²) < 4.78 is 5.10. The quantitative estimate of drug-likeness (QED) is 0.745. The Morgan fingerprint density at radius 3 is 2.20 bits per heavy atom. The van der Waals surface area contributed by atoms with Crippen molar-refractivity contribution in [3.05, 3.63) is 0 Å². The summed E-state index contributed by atoms with van der Waals surface area (Å²) in [5.74, 6) is -0.234. The standard InChI is InChI=1S/C11H21NO3/c1-8(2)5-9(12(3)4)11(10(13)14)6-15-7-11/h8-9H,5-7H2,1-4H3,(H,13,14). The highest BCUT2D eigenvalue weighted by atomic mass is 16.5. The Labute approximate surface area is 91.2 Å². The van der Waals surface area contributed by atoms with E-state index in [4.69, 9.17) is 4.74 Å². The van der Waals surface area contributed by atoms with E-state index in [2.05, 4.69) is 13.8 Å². The molecular formula is C11H21NO3. The summed E-state index contributed by atoms with van der Waals surface area (Å²) in [7, 11) is 3.88. The average Bonchev–Trinajstić information content (AvgIpc) is 1.98. The summed E-state index contributed by atoms with van der Waals surface area (Å²) in [5, 5.41) is 9.31. The number of carbonyl (C=O) groups is 1. The molecule has 15 heavy (non-hydrogen) atoms. The predicted octanol–water partition coefficient (Wildman–Crippen LogP) is 1.06. The summed E-state index contributed by atoms with van der Waals surface area (Å²) in [6.45, 7) is 4.92. The molecule has 1 fully saturated rings. The Balaban J connectivity index is 2.81. The molecule has 1 aliphatic rings. The maximum Gasteiger partial charge on any atom is 0.315 e. The number of hydrogen-bond donors (Lipinski definition) is 1. The summed E-state index contributed by atoms with van der Waals surface area (Å²) in [6.07, 6.45) is 0.892. The van der Waals surface area contributed by atoms with Crippen molar-refractivity contribution in [2.45, 2.75) is 26.3 Å². The Bertz CT molecular complexity index is 234. The molecule has 1 rings (SSSR count). The van der Waals surface area contributed by atoms with E-state index in [0.29, 0.717) is 19.1 Å². The first-order valence-electron chi connectivity index (χ1n) is 5.37. The summed E-state index contributed by atoms with van der Waals surface area (Å²) in [5.41, 5.74) is -0.687. The van der Waals surface area contributed by atoms with Crippen LogP contribution in [0.4, 0.5) is 0 Å². The first kappa shape index (κ1) is 12.5. The molecule has 0 aliphatic carbocycles. The van der Waals surface area contributed by atoms with Crippen molar-refractivity contribution >= 4 is 5.97 Å². The SMILES string of the molecule is CC(C)CC(N(C)C)C1(C(=O)O)COC1. The first-order valence-corrected chi connectivity index (χ1v) is 5.37. The third kappa shape index (κ3) is 2.32. The maximum atomic E-state index is 11.3. The zero-order valence-electron chi connectivity index (χ0n) is 9.99. The highest BCUT2D eigenvalue weighted by molar-refractivity contribution is 5.77. The van der Waals surface area contributed by atoms with Gasteiger partial charge in [-0.3, -0.25) is 4.79 Å². The molecule has 0 aromatic carbocycles. The first-order chi connectivity index (χ1) is 6.90. The van der Waals surface area contributed by atoms with Crippen LogP contribution in [0.5, 0.6) is 0 Å². The molecule has 0 aromatic heterocycles. The Morgan fingerprint density at radius 2 is 2.00 bits per heavy atom. The normalized spacial score (nSPS) is 21.5. The van der Waals surface area contributed by atoms with Gasteiger partial charge in [-0.2, -0.15) is 0 Å². The molecular weight excluding hydrogens is 194 g/mol. The number of ether oxygens (including phenoxy) is 1. The smallest absolute Gasteiger partial charge is 0.315 e. The number of carboxylic acid groups (broad SMARTS) is 1. The molecule has 1 heterocycles. The van der Waals surface area contributed by atoms with E-state index >= 15 is 0 Å². The molecule has 1 aliphatic heterocycles. The summed E-state index contributed by atoms with van der Waals surface area (Å²) in [6, 6.07) is 0.0590. The lowest BCUT2D eigenvalue weighted by atomic mass is 9.74. The van der Waals surface area contributed by atoms with Gasteiger partial charge in [0.25, 0.3) is 0 Å². The third-order valence-corrected chi connectivity index (χ3v) is 3.10. The van der Waals surface area contributed by atoms with Gasteiger partial charge in [-0.1, -0.05) is 13.8 Å². The van der Waals surface area contributed by atoms with E-state index in [1.165, 1.54) is 0 Å². The van der Waals surface area contributed by atoms with Gasteiger partial charge in [0.15, 0.2) is 0 Å². The minimum Gasteiger partial charge on any atom is -0.481 e. The van der Waals surface area contributed by atoms with Crippen LogP contribution in [0.2, 0.25) is 0 Å². The van der Waals surface area contributed by atoms with Crippen LogP contribution in [0.25, 0.3) is 0 Å². The summed E-state index contributed by atoms with van der Waals surface area (Å²) >= 11 is 0. The van der Waals surface area contributed by atoms with Crippen LogP contribution in [0.1, 0.15) is 20.3 Å². The number of hydrogen-bond acceptors (Lipinski definition) is 3. The second-order valence-corrected chi connectivity index (χ2v) is 5.06. The van der Waals surface area contributed by atoms with Crippen molar-refractivity contribution < 1.29 is 14.6 Å². The largest absolute Gasteiger partial charge is 0.481 e. The van der Waals surface area contributed by atoms with Gasteiger partial charge < -0.3 is 14.7 Å². The van der Waals surface area contributed by atoms with Gasteiger partial charge >= 0.3 is 5.97 Å². The molecule has 0 radical (unpaired) electrons. The minimum atomic E-state index is -0.729. The predicted molar refractivity (Wildman–Crippen MR) is 57.8 cm³/mol. The fourth-order valence-electron chi connectivity index (χ4n) is 2.16. The lowest BCUT2D eigenvalue weighted by Gasteiger charge is -2.46. The third-order valence-electron chi connectivity index (χ3n) is 3.10. The average molecular weight is 215 g/mol. The molecule has 0 saturated carbocycles. The number of nitrogens with zero attached hydrogens (tertiary/aromatic N) is 1. The maximum absolute atomic E-state index is 11.3. The van der Waals surface area contributed by atoms with E-state index in [-0.39, 0.29) is 6.04 Å². The van der Waals surface area contributed by atoms with Crippen LogP contribution in [-0.4, -0.2) is 49.3 Å². The zero-order valence-corrected chi connectivity index (χ0v) is 9.99.